The second-order valence-corrected chi connectivity index (χ2v) is 6.60. The number of nitrogens with one attached hydrogen (secondary N) is 1. The van der Waals surface area contributed by atoms with E-state index in [0.29, 0.717) is 18.0 Å². The van der Waals surface area contributed by atoms with Crippen LogP contribution < -0.4 is 5.32 Å². The first-order chi connectivity index (χ1) is 8.68. The molecule has 96 valence electrons. The molecular weight excluding hydrogens is 248 g/mol. The maximum Gasteiger partial charge on any atom is 0.243 e. The first kappa shape index (κ1) is 11.9. The van der Waals surface area contributed by atoms with Crippen molar-refractivity contribution in [2.24, 2.45) is 0 Å². The summed E-state index contributed by atoms with van der Waals surface area (Å²) >= 11 is 0. The van der Waals surface area contributed by atoms with Crippen LogP contribution in [0.3, 0.4) is 0 Å². The Bertz CT molecular complexity index is 593. The van der Waals surface area contributed by atoms with Gasteiger partial charge >= 0.3 is 0 Å². The fraction of sp³-hybridized carbons (Fsp3) is 0.385. The minimum Gasteiger partial charge on any atom is -0.309 e. The molecule has 0 saturated heterocycles. The molecule has 1 aromatic rings. The molecular formula is C13H16N2O2S. The lowest BCUT2D eigenvalue weighted by atomic mass is 10.1. The third kappa shape index (κ3) is 1.98. The Kier molecular flexibility index (Phi) is 2.97. The molecule has 2 heterocycles. The lowest BCUT2D eigenvalue weighted by Gasteiger charge is -2.23. The summed E-state index contributed by atoms with van der Waals surface area (Å²) in [7, 11) is -3.33. The zero-order valence-corrected chi connectivity index (χ0v) is 10.9. The van der Waals surface area contributed by atoms with Crippen LogP contribution in [0.2, 0.25) is 0 Å². The van der Waals surface area contributed by atoms with E-state index in [1.165, 1.54) is 9.87 Å². The molecule has 0 bridgehead atoms. The van der Waals surface area contributed by atoms with Gasteiger partial charge in [-0.15, -0.1) is 0 Å². The minimum absolute atomic E-state index is 0.417. The van der Waals surface area contributed by atoms with E-state index in [-0.39, 0.29) is 0 Å². The normalized spacial score (nSPS) is 20.0. The fourth-order valence-corrected chi connectivity index (χ4v) is 3.88. The predicted octanol–water partition coefficient (Wildman–Crippen LogP) is 1.24. The van der Waals surface area contributed by atoms with Crippen molar-refractivity contribution < 1.29 is 8.42 Å². The molecule has 4 nitrogen and oxygen atoms in total. The molecule has 0 spiro atoms. The van der Waals surface area contributed by atoms with Gasteiger partial charge < -0.3 is 5.32 Å². The number of sulfonamides is 1. The fourth-order valence-electron chi connectivity index (χ4n) is 2.42. The molecule has 1 aromatic carbocycles. The third-order valence-corrected chi connectivity index (χ3v) is 5.33. The van der Waals surface area contributed by atoms with Crippen LogP contribution >= 0.6 is 0 Å². The van der Waals surface area contributed by atoms with Crippen molar-refractivity contribution in [3.05, 3.63) is 41.5 Å². The van der Waals surface area contributed by atoms with Crippen molar-refractivity contribution in [1.29, 1.82) is 0 Å². The molecule has 0 radical (unpaired) electrons. The number of hydrogen-bond donors (Lipinski definition) is 1. The Balaban J connectivity index is 1.96. The summed E-state index contributed by atoms with van der Waals surface area (Å²) in [6, 6.07) is 5.45. The number of benzene rings is 1. The first-order valence-electron chi connectivity index (χ1n) is 6.15. The summed E-state index contributed by atoms with van der Waals surface area (Å²) in [6.45, 7) is 2.66. The quantitative estimate of drug-likeness (QED) is 0.818. The van der Waals surface area contributed by atoms with Crippen molar-refractivity contribution in [3.8, 4) is 0 Å². The third-order valence-electron chi connectivity index (χ3n) is 3.47. The molecule has 0 fully saturated rings. The lowest BCUT2D eigenvalue weighted by Crippen LogP contribution is -2.33. The van der Waals surface area contributed by atoms with E-state index in [0.717, 1.165) is 25.1 Å². The second-order valence-electron chi connectivity index (χ2n) is 4.66. The van der Waals surface area contributed by atoms with Crippen molar-refractivity contribution in [2.75, 3.05) is 13.1 Å². The smallest absolute Gasteiger partial charge is 0.243 e. The van der Waals surface area contributed by atoms with Crippen LogP contribution in [0, 0.1) is 0 Å². The van der Waals surface area contributed by atoms with Crippen LogP contribution in [0.4, 0.5) is 0 Å². The van der Waals surface area contributed by atoms with Crippen LogP contribution in [0.25, 0.3) is 0 Å². The molecule has 0 unspecified atom stereocenters. The number of nitrogens with zero attached hydrogens (tertiary/aromatic N) is 1. The highest BCUT2D eigenvalue weighted by Crippen LogP contribution is 2.23. The average Bonchev–Trinajstić information content (AvgIpc) is 2.87. The zero-order valence-electron chi connectivity index (χ0n) is 10.1. The molecule has 2 aliphatic rings. The average molecular weight is 264 g/mol. The highest BCUT2D eigenvalue weighted by Gasteiger charge is 2.25. The molecule has 2 aliphatic heterocycles. The van der Waals surface area contributed by atoms with Gasteiger partial charge in [0.15, 0.2) is 0 Å². The van der Waals surface area contributed by atoms with Crippen LogP contribution in [0.1, 0.15) is 17.5 Å². The second kappa shape index (κ2) is 4.50. The van der Waals surface area contributed by atoms with E-state index in [1.54, 1.807) is 6.07 Å². The Labute approximate surface area is 107 Å². The van der Waals surface area contributed by atoms with Crippen molar-refractivity contribution >= 4 is 10.0 Å². The van der Waals surface area contributed by atoms with Gasteiger partial charge in [0, 0.05) is 26.2 Å². The molecule has 0 aromatic heterocycles. The summed E-state index contributed by atoms with van der Waals surface area (Å²) in [5.74, 6) is 0. The van der Waals surface area contributed by atoms with Crippen LogP contribution in [-0.4, -0.2) is 25.8 Å². The Morgan fingerprint density at radius 3 is 2.72 bits per heavy atom. The van der Waals surface area contributed by atoms with Gasteiger partial charge in [0.05, 0.1) is 4.90 Å². The molecule has 0 amide bonds. The van der Waals surface area contributed by atoms with Gasteiger partial charge in [-0.1, -0.05) is 18.2 Å². The molecule has 0 aliphatic carbocycles. The molecule has 0 saturated carbocycles. The molecule has 18 heavy (non-hydrogen) atoms. The summed E-state index contributed by atoms with van der Waals surface area (Å²) in [5, 5.41) is 3.23. The van der Waals surface area contributed by atoms with Gasteiger partial charge in [0.1, 0.15) is 0 Å². The monoisotopic (exact) mass is 264 g/mol. The molecule has 1 N–H and O–H groups in total. The highest BCUT2D eigenvalue weighted by atomic mass is 32.2. The van der Waals surface area contributed by atoms with Crippen molar-refractivity contribution in [3.63, 3.8) is 0 Å². The zero-order chi connectivity index (χ0) is 12.6. The Hall–Kier alpha value is -1.17. The topological polar surface area (TPSA) is 49.4 Å². The van der Waals surface area contributed by atoms with E-state index in [1.807, 2.05) is 24.3 Å². The Morgan fingerprint density at radius 1 is 1.11 bits per heavy atom. The minimum atomic E-state index is -3.33. The van der Waals surface area contributed by atoms with E-state index in [4.69, 9.17) is 0 Å². The largest absolute Gasteiger partial charge is 0.309 e. The Morgan fingerprint density at radius 2 is 1.94 bits per heavy atom. The molecule has 3 rings (SSSR count). The van der Waals surface area contributed by atoms with Crippen LogP contribution in [0.15, 0.2) is 35.2 Å². The first-order valence-corrected chi connectivity index (χ1v) is 7.59. The van der Waals surface area contributed by atoms with Crippen LogP contribution in [0.5, 0.6) is 0 Å². The van der Waals surface area contributed by atoms with Crippen molar-refractivity contribution in [2.45, 2.75) is 24.4 Å². The highest BCUT2D eigenvalue weighted by molar-refractivity contribution is 7.89. The lowest BCUT2D eigenvalue weighted by molar-refractivity contribution is 0.437. The van der Waals surface area contributed by atoms with Crippen LogP contribution in [-0.2, 0) is 23.1 Å². The van der Waals surface area contributed by atoms with Gasteiger partial charge in [0.2, 0.25) is 10.0 Å². The molecule has 0 atom stereocenters. The summed E-state index contributed by atoms with van der Waals surface area (Å²) in [6.07, 6.45) is 4.74. The van der Waals surface area contributed by atoms with Gasteiger partial charge in [-0.3, -0.25) is 0 Å². The van der Waals surface area contributed by atoms with E-state index >= 15 is 0 Å². The maximum absolute atomic E-state index is 12.5. The van der Waals surface area contributed by atoms with Gasteiger partial charge in [0.25, 0.3) is 0 Å². The number of rotatable bonds is 2. The van der Waals surface area contributed by atoms with Crippen molar-refractivity contribution in [1.82, 2.24) is 9.62 Å². The number of fused-ring (bicyclic) bond motifs is 1. The molecule has 5 heteroatoms. The van der Waals surface area contributed by atoms with E-state index in [9.17, 15) is 8.42 Å². The predicted molar refractivity (Wildman–Crippen MR) is 69.5 cm³/mol. The SMILES string of the molecule is O=S(=O)(c1ccc2c(c1)CNC2)N1CC=CCC1. The van der Waals surface area contributed by atoms with E-state index < -0.39 is 10.0 Å². The summed E-state index contributed by atoms with van der Waals surface area (Å²) in [4.78, 5) is 0.417. The standard InChI is InChI=1S/C13H16N2O2S/c16-18(17,15-6-2-1-3-7-15)13-5-4-11-9-14-10-12(11)8-13/h1-2,4-5,8,14H,3,6-7,9-10H2. The summed E-state index contributed by atoms with van der Waals surface area (Å²) in [5.41, 5.74) is 2.30. The summed E-state index contributed by atoms with van der Waals surface area (Å²) < 4.78 is 26.5. The van der Waals surface area contributed by atoms with Gasteiger partial charge in [-0.25, -0.2) is 8.42 Å². The van der Waals surface area contributed by atoms with E-state index in [2.05, 4.69) is 5.32 Å². The van der Waals surface area contributed by atoms with Gasteiger partial charge in [-0.2, -0.15) is 4.31 Å². The van der Waals surface area contributed by atoms with Gasteiger partial charge in [-0.05, 0) is 29.7 Å². The number of hydrogen-bond acceptors (Lipinski definition) is 3. The maximum atomic E-state index is 12.5.